The van der Waals surface area contributed by atoms with Crippen LogP contribution in [-0.2, 0) is 43.4 Å². The normalized spacial score (nSPS) is 28.5. The first kappa shape index (κ1) is 39.8. The number of halogens is 1. The second kappa shape index (κ2) is 18.2. The van der Waals surface area contributed by atoms with Gasteiger partial charge in [-0.25, -0.2) is 0 Å². The fourth-order valence-electron chi connectivity index (χ4n) is 6.76. The highest BCUT2D eigenvalue weighted by Crippen LogP contribution is 2.32. The predicted octanol–water partition coefficient (Wildman–Crippen LogP) is 3.08. The van der Waals surface area contributed by atoms with E-state index in [0.717, 1.165) is 17.7 Å². The molecule has 1 amide bonds. The number of hydrogen-bond acceptors (Lipinski definition) is 12. The molecule has 3 aromatic rings. The summed E-state index contributed by atoms with van der Waals surface area (Å²) in [5, 5.41) is 59.4. The van der Waals surface area contributed by atoms with Crippen molar-refractivity contribution >= 4 is 23.6 Å². The number of rotatable bonds is 14. The summed E-state index contributed by atoms with van der Waals surface area (Å²) in [7, 11) is 0. The number of aromatic hydroxyl groups is 1. The summed E-state index contributed by atoms with van der Waals surface area (Å²) in [5.41, 5.74) is 4.24. The molecule has 0 aromatic heterocycles. The average molecular weight is 767 g/mol. The number of nitrogens with one attached hydrogen (secondary N) is 2. The number of aliphatic hydroxyl groups is 4. The Kier molecular flexibility index (Phi) is 13.4. The first-order valence-corrected chi connectivity index (χ1v) is 18.2. The molecule has 2 saturated heterocycles. The zero-order valence-electron chi connectivity index (χ0n) is 30.0. The Hall–Kier alpha value is -3.86. The minimum absolute atomic E-state index is 0.00920. The van der Waals surface area contributed by atoms with Crippen molar-refractivity contribution in [2.75, 3.05) is 13.4 Å². The van der Waals surface area contributed by atoms with Crippen LogP contribution in [0, 0.1) is 0 Å². The third kappa shape index (κ3) is 9.68. The number of phenols is 1. The molecule has 14 heteroatoms. The fourth-order valence-corrected chi connectivity index (χ4v) is 7.02. The number of amides is 1. The lowest BCUT2D eigenvalue weighted by molar-refractivity contribution is -0.155. The Morgan fingerprint density at radius 2 is 1.67 bits per heavy atom. The second-order valence-electron chi connectivity index (χ2n) is 13.8. The lowest BCUT2D eigenvalue weighted by Crippen LogP contribution is -2.67. The SMILES string of the molecule is C/C(=C\c1ccc(CO[C@H]2C[C@H](O)[C@@H](/C(C)=C/COc3ccc(CNCc4ccccc4)cc3Cl)O2)c(O)c1)C(=O)NC1[C@@H](O)[C@@H]2OCO[C@@H]2[C@H](O)[C@H]1O. The monoisotopic (exact) mass is 766 g/mol. The van der Waals surface area contributed by atoms with E-state index in [1.165, 1.54) is 17.7 Å². The molecule has 290 valence electrons. The topological polar surface area (TPSA) is 188 Å². The van der Waals surface area contributed by atoms with Crippen LogP contribution in [0.15, 0.2) is 84.0 Å². The van der Waals surface area contributed by atoms with Crippen LogP contribution in [0.4, 0.5) is 0 Å². The molecule has 3 aliphatic rings. The largest absolute Gasteiger partial charge is 0.508 e. The highest BCUT2D eigenvalue weighted by atomic mass is 35.5. The molecule has 6 rings (SSSR count). The van der Waals surface area contributed by atoms with Gasteiger partial charge in [-0.2, -0.15) is 0 Å². The van der Waals surface area contributed by atoms with Crippen LogP contribution >= 0.6 is 11.6 Å². The number of benzene rings is 3. The third-order valence-corrected chi connectivity index (χ3v) is 10.1. The number of carbonyl (C=O) groups excluding carboxylic acids is 1. The molecule has 1 unspecified atom stereocenters. The maximum atomic E-state index is 12.9. The Balaban J connectivity index is 0.948. The van der Waals surface area contributed by atoms with Crippen molar-refractivity contribution in [1.82, 2.24) is 10.6 Å². The number of ether oxygens (including phenoxy) is 5. The van der Waals surface area contributed by atoms with Crippen LogP contribution in [0.5, 0.6) is 11.5 Å². The van der Waals surface area contributed by atoms with Crippen molar-refractivity contribution in [2.45, 2.75) is 95.0 Å². The average Bonchev–Trinajstić information content (AvgIpc) is 3.80. The summed E-state index contributed by atoms with van der Waals surface area (Å²) in [6, 6.07) is 19.5. The molecule has 1 aliphatic carbocycles. The molecule has 0 radical (unpaired) electrons. The maximum Gasteiger partial charge on any atom is 0.247 e. The van der Waals surface area contributed by atoms with E-state index in [4.69, 9.17) is 35.3 Å². The highest BCUT2D eigenvalue weighted by molar-refractivity contribution is 6.32. The van der Waals surface area contributed by atoms with Gasteiger partial charge in [0.1, 0.15) is 61.5 Å². The fraction of sp³-hybridized carbons (Fsp3) is 0.425. The Labute approximate surface area is 318 Å². The third-order valence-electron chi connectivity index (χ3n) is 9.85. The first-order valence-electron chi connectivity index (χ1n) is 17.8. The Morgan fingerprint density at radius 3 is 2.41 bits per heavy atom. The summed E-state index contributed by atoms with van der Waals surface area (Å²) in [4.78, 5) is 12.9. The van der Waals surface area contributed by atoms with Crippen LogP contribution in [0.2, 0.25) is 5.02 Å². The van der Waals surface area contributed by atoms with Crippen molar-refractivity contribution in [3.05, 3.63) is 111 Å². The zero-order chi connectivity index (χ0) is 38.4. The summed E-state index contributed by atoms with van der Waals surface area (Å²) in [6.45, 7) is 4.91. The van der Waals surface area contributed by atoms with Gasteiger partial charge in [0.05, 0.1) is 23.8 Å². The molecule has 7 N–H and O–H groups in total. The van der Waals surface area contributed by atoms with E-state index in [2.05, 4.69) is 22.8 Å². The molecule has 9 atom stereocenters. The summed E-state index contributed by atoms with van der Waals surface area (Å²) >= 11 is 6.49. The molecule has 3 fully saturated rings. The zero-order valence-corrected chi connectivity index (χ0v) is 30.8. The molecule has 1 saturated carbocycles. The number of hydrogen-bond donors (Lipinski definition) is 7. The van der Waals surface area contributed by atoms with E-state index in [-0.39, 0.29) is 37.8 Å². The van der Waals surface area contributed by atoms with Crippen molar-refractivity contribution in [3.8, 4) is 11.5 Å². The summed E-state index contributed by atoms with van der Waals surface area (Å²) in [5.74, 6) is -0.103. The van der Waals surface area contributed by atoms with E-state index < -0.39 is 61.0 Å². The summed E-state index contributed by atoms with van der Waals surface area (Å²) in [6.07, 6.45) is -4.39. The van der Waals surface area contributed by atoms with Gasteiger partial charge in [-0.05, 0) is 66.5 Å². The number of aliphatic hydroxyl groups excluding tert-OH is 4. The molecule has 0 bridgehead atoms. The summed E-state index contributed by atoms with van der Waals surface area (Å²) < 4.78 is 28.3. The molecule has 54 heavy (non-hydrogen) atoms. The Morgan fingerprint density at radius 1 is 0.926 bits per heavy atom. The first-order chi connectivity index (χ1) is 26.0. The predicted molar refractivity (Wildman–Crippen MR) is 198 cm³/mol. The molecule has 2 aliphatic heterocycles. The lowest BCUT2D eigenvalue weighted by atomic mass is 9.83. The quantitative estimate of drug-likeness (QED) is 0.0941. The molecule has 13 nitrogen and oxygen atoms in total. The minimum atomic E-state index is -1.47. The molecule has 3 aromatic carbocycles. The molecular formula is C40H47ClN2O11. The lowest BCUT2D eigenvalue weighted by Gasteiger charge is -2.41. The smallest absolute Gasteiger partial charge is 0.247 e. The number of fused-ring (bicyclic) bond motifs is 1. The minimum Gasteiger partial charge on any atom is -0.508 e. The van der Waals surface area contributed by atoms with Crippen LogP contribution in [-0.4, -0.2) is 99.9 Å². The van der Waals surface area contributed by atoms with Gasteiger partial charge >= 0.3 is 0 Å². The number of carbonyl (C=O) groups is 1. The van der Waals surface area contributed by atoms with Gasteiger partial charge in [0.15, 0.2) is 6.29 Å². The highest BCUT2D eigenvalue weighted by Gasteiger charge is 2.53. The molecule has 0 spiro atoms. The van der Waals surface area contributed by atoms with E-state index in [0.29, 0.717) is 28.4 Å². The van der Waals surface area contributed by atoms with Crippen molar-refractivity contribution in [3.63, 3.8) is 0 Å². The van der Waals surface area contributed by atoms with Crippen LogP contribution in [0.3, 0.4) is 0 Å². The maximum absolute atomic E-state index is 12.9. The van der Waals surface area contributed by atoms with Gasteiger partial charge in [-0.3, -0.25) is 4.79 Å². The standard InChI is InChI=1S/C40H47ClN2O11/c1-22(12-13-50-31-11-9-26(15-28(31)41)19-42-18-24-6-4-3-5-7-24)37-30(45)17-32(54-37)51-20-27-10-8-25(16-29(27)44)14-23(2)40(49)43-33-34(46)36(48)39-38(35(33)47)52-21-53-39/h3-12,14-16,30,32-39,42,44-48H,13,17-21H2,1-2H3,(H,43,49)/b22-12+,23-14+/t30-,32+,33?,34-,35+,36+,37+,38-,39+/m0/s1. The van der Waals surface area contributed by atoms with Crippen LogP contribution in [0.25, 0.3) is 6.08 Å². The molecule has 2 heterocycles. The van der Waals surface area contributed by atoms with Gasteiger partial charge in [0.2, 0.25) is 5.91 Å². The van der Waals surface area contributed by atoms with Crippen molar-refractivity contribution in [2.24, 2.45) is 0 Å². The Bertz CT molecular complexity index is 1810. The van der Waals surface area contributed by atoms with Gasteiger partial charge in [-0.1, -0.05) is 60.1 Å². The van der Waals surface area contributed by atoms with Crippen molar-refractivity contribution in [1.29, 1.82) is 0 Å². The van der Waals surface area contributed by atoms with Crippen LogP contribution in [0.1, 0.15) is 42.5 Å². The van der Waals surface area contributed by atoms with E-state index in [9.17, 15) is 30.3 Å². The van der Waals surface area contributed by atoms with Gasteiger partial charge < -0.3 is 59.9 Å². The van der Waals surface area contributed by atoms with Crippen molar-refractivity contribution < 1.29 is 54.0 Å². The van der Waals surface area contributed by atoms with Gasteiger partial charge in [0.25, 0.3) is 0 Å². The van der Waals surface area contributed by atoms with Gasteiger partial charge in [0, 0.05) is 30.6 Å². The van der Waals surface area contributed by atoms with Gasteiger partial charge in [-0.15, -0.1) is 0 Å². The van der Waals surface area contributed by atoms with Crippen LogP contribution < -0.4 is 15.4 Å². The van der Waals surface area contributed by atoms with E-state index >= 15 is 0 Å². The van der Waals surface area contributed by atoms with E-state index in [1.807, 2.05) is 49.4 Å². The second-order valence-corrected chi connectivity index (χ2v) is 14.2. The number of phenolic OH excluding ortho intramolecular Hbond substituents is 1. The molecular weight excluding hydrogens is 720 g/mol. The van der Waals surface area contributed by atoms with E-state index in [1.54, 1.807) is 19.1 Å².